The van der Waals surface area contributed by atoms with Crippen LogP contribution in [0.5, 0.6) is 0 Å². The van der Waals surface area contributed by atoms with Gasteiger partial charge >= 0.3 is 5.97 Å². The van der Waals surface area contributed by atoms with Crippen molar-refractivity contribution in [1.29, 1.82) is 0 Å². The van der Waals surface area contributed by atoms with E-state index >= 15 is 0 Å². The molecule has 0 aliphatic rings. The lowest BCUT2D eigenvalue weighted by atomic mass is 10.2. The van der Waals surface area contributed by atoms with Crippen LogP contribution >= 0.6 is 11.3 Å². The van der Waals surface area contributed by atoms with E-state index < -0.39 is 5.97 Å². The van der Waals surface area contributed by atoms with Crippen LogP contribution in [0.15, 0.2) is 30.3 Å². The summed E-state index contributed by atoms with van der Waals surface area (Å²) < 4.78 is 5.25. The molecule has 0 unspecified atom stereocenters. The highest BCUT2D eigenvalue weighted by molar-refractivity contribution is 7.17. The van der Waals surface area contributed by atoms with E-state index in [0.29, 0.717) is 33.8 Å². The molecule has 1 aromatic carbocycles. The Hall–Kier alpha value is -3.33. The standard InChI is InChI=1S/C22H25N5O3S/c1-12(2)11-30-20(29)18-15(5)25-22(31-18)27-19(28)16-6-8-17(9-7-16)26-21-23-13(3)10-14(4)24-21/h6-10,12H,11H2,1-5H3,(H,23,24,26)(H,25,27,28). The molecule has 9 heteroatoms. The van der Waals surface area contributed by atoms with E-state index in [2.05, 4.69) is 25.6 Å². The number of amides is 1. The van der Waals surface area contributed by atoms with Crippen molar-refractivity contribution in [2.24, 2.45) is 5.92 Å². The predicted molar refractivity (Wildman–Crippen MR) is 121 cm³/mol. The average Bonchev–Trinajstić information content (AvgIpc) is 3.06. The van der Waals surface area contributed by atoms with Gasteiger partial charge in [-0.05, 0) is 57.0 Å². The predicted octanol–water partition coefficient (Wildman–Crippen LogP) is 4.67. The summed E-state index contributed by atoms with van der Waals surface area (Å²) >= 11 is 1.10. The van der Waals surface area contributed by atoms with Crippen molar-refractivity contribution in [3.63, 3.8) is 0 Å². The Morgan fingerprint density at radius 3 is 2.29 bits per heavy atom. The number of hydrogen-bond donors (Lipinski definition) is 2. The quantitative estimate of drug-likeness (QED) is 0.515. The summed E-state index contributed by atoms with van der Waals surface area (Å²) in [7, 11) is 0. The Bertz CT molecular complexity index is 1070. The van der Waals surface area contributed by atoms with Gasteiger partial charge in [-0.15, -0.1) is 0 Å². The van der Waals surface area contributed by atoms with Gasteiger partial charge in [-0.25, -0.2) is 19.7 Å². The molecule has 3 rings (SSSR count). The minimum atomic E-state index is -0.423. The van der Waals surface area contributed by atoms with E-state index in [9.17, 15) is 9.59 Å². The Morgan fingerprint density at radius 1 is 1.03 bits per heavy atom. The number of esters is 1. The number of carbonyl (C=O) groups excluding carboxylic acids is 2. The molecule has 0 bridgehead atoms. The van der Waals surface area contributed by atoms with E-state index in [0.717, 1.165) is 28.4 Å². The lowest BCUT2D eigenvalue weighted by Crippen LogP contribution is -2.11. The van der Waals surface area contributed by atoms with Crippen LogP contribution in [0.1, 0.15) is 51.0 Å². The first-order valence-electron chi connectivity index (χ1n) is 9.86. The first kappa shape index (κ1) is 22.4. The number of nitrogens with zero attached hydrogens (tertiary/aromatic N) is 3. The Kier molecular flexibility index (Phi) is 6.96. The van der Waals surface area contributed by atoms with Crippen molar-refractivity contribution in [3.05, 3.63) is 57.9 Å². The van der Waals surface area contributed by atoms with Crippen LogP contribution in [0.25, 0.3) is 0 Å². The van der Waals surface area contributed by atoms with Gasteiger partial charge < -0.3 is 10.1 Å². The van der Waals surface area contributed by atoms with Gasteiger partial charge in [-0.3, -0.25) is 10.1 Å². The van der Waals surface area contributed by atoms with E-state index in [-0.39, 0.29) is 11.8 Å². The summed E-state index contributed by atoms with van der Waals surface area (Å²) in [4.78, 5) is 38.1. The third kappa shape index (κ3) is 6.08. The van der Waals surface area contributed by atoms with Gasteiger partial charge in [-0.2, -0.15) is 0 Å². The fourth-order valence-electron chi connectivity index (χ4n) is 2.73. The van der Waals surface area contributed by atoms with Crippen molar-refractivity contribution in [2.45, 2.75) is 34.6 Å². The molecular formula is C22H25N5O3S. The van der Waals surface area contributed by atoms with E-state index in [4.69, 9.17) is 4.74 Å². The zero-order chi connectivity index (χ0) is 22.5. The molecule has 2 N–H and O–H groups in total. The molecule has 8 nitrogen and oxygen atoms in total. The van der Waals surface area contributed by atoms with Crippen LogP contribution in [0, 0.1) is 26.7 Å². The molecule has 31 heavy (non-hydrogen) atoms. The molecule has 1 amide bonds. The Labute approximate surface area is 185 Å². The third-order valence-corrected chi connectivity index (χ3v) is 5.19. The summed E-state index contributed by atoms with van der Waals surface area (Å²) in [5.41, 5.74) is 3.50. The summed E-state index contributed by atoms with van der Waals surface area (Å²) in [5.74, 6) is 0.0124. The van der Waals surface area contributed by atoms with Crippen molar-refractivity contribution in [3.8, 4) is 0 Å². The lowest BCUT2D eigenvalue weighted by molar-refractivity contribution is 0.0463. The van der Waals surface area contributed by atoms with E-state index in [1.807, 2.05) is 33.8 Å². The van der Waals surface area contributed by atoms with Gasteiger partial charge in [0.15, 0.2) is 5.13 Å². The van der Waals surface area contributed by atoms with E-state index in [1.165, 1.54) is 0 Å². The molecule has 0 saturated carbocycles. The van der Waals surface area contributed by atoms with E-state index in [1.54, 1.807) is 31.2 Å². The van der Waals surface area contributed by atoms with Crippen LogP contribution in [0.2, 0.25) is 0 Å². The Morgan fingerprint density at radius 2 is 1.68 bits per heavy atom. The van der Waals surface area contributed by atoms with Gasteiger partial charge in [0.2, 0.25) is 5.95 Å². The van der Waals surface area contributed by atoms with Crippen molar-refractivity contribution in [1.82, 2.24) is 15.0 Å². The number of carbonyl (C=O) groups is 2. The average molecular weight is 440 g/mol. The maximum atomic E-state index is 12.6. The molecule has 0 fully saturated rings. The highest BCUT2D eigenvalue weighted by Crippen LogP contribution is 2.24. The molecule has 2 aromatic heterocycles. The van der Waals surface area contributed by atoms with Crippen LogP contribution in [-0.2, 0) is 4.74 Å². The fourth-order valence-corrected chi connectivity index (χ4v) is 3.59. The number of thiazole rings is 1. The molecule has 0 aliphatic carbocycles. The van der Waals surface area contributed by atoms with Crippen LogP contribution in [0.4, 0.5) is 16.8 Å². The molecule has 0 aliphatic heterocycles. The monoisotopic (exact) mass is 439 g/mol. The molecule has 3 aromatic rings. The largest absolute Gasteiger partial charge is 0.461 e. The third-order valence-electron chi connectivity index (χ3n) is 4.14. The number of benzene rings is 1. The minimum absolute atomic E-state index is 0.246. The van der Waals surface area contributed by atoms with Gasteiger partial charge in [0.1, 0.15) is 4.88 Å². The molecule has 0 saturated heterocycles. The smallest absolute Gasteiger partial charge is 0.350 e. The molecule has 0 atom stereocenters. The summed E-state index contributed by atoms with van der Waals surface area (Å²) in [6.07, 6.45) is 0. The topological polar surface area (TPSA) is 106 Å². The number of anilines is 3. The lowest BCUT2D eigenvalue weighted by Gasteiger charge is -2.07. The molecule has 162 valence electrons. The number of aryl methyl sites for hydroxylation is 3. The summed E-state index contributed by atoms with van der Waals surface area (Å²) in [5, 5.41) is 6.22. The zero-order valence-corrected chi connectivity index (χ0v) is 19.0. The van der Waals surface area contributed by atoms with Crippen molar-refractivity contribution < 1.29 is 14.3 Å². The van der Waals surface area contributed by atoms with Gasteiger partial charge in [-0.1, -0.05) is 25.2 Å². The fraction of sp³-hybridized carbons (Fsp3) is 0.318. The molecule has 0 radical (unpaired) electrons. The number of hydrogen-bond acceptors (Lipinski definition) is 8. The van der Waals surface area contributed by atoms with Crippen LogP contribution in [-0.4, -0.2) is 33.4 Å². The highest BCUT2D eigenvalue weighted by atomic mass is 32.1. The zero-order valence-electron chi connectivity index (χ0n) is 18.1. The number of rotatable bonds is 7. The summed E-state index contributed by atoms with van der Waals surface area (Å²) in [6.45, 7) is 9.80. The Balaban J connectivity index is 1.64. The van der Waals surface area contributed by atoms with Crippen molar-refractivity contribution >= 4 is 40.0 Å². The second kappa shape index (κ2) is 9.65. The highest BCUT2D eigenvalue weighted by Gasteiger charge is 2.18. The normalized spacial score (nSPS) is 10.8. The maximum absolute atomic E-state index is 12.6. The first-order chi connectivity index (χ1) is 14.7. The second-order valence-corrected chi connectivity index (χ2v) is 8.56. The van der Waals surface area contributed by atoms with Gasteiger partial charge in [0.05, 0.1) is 12.3 Å². The molecule has 0 spiro atoms. The first-order valence-corrected chi connectivity index (χ1v) is 10.7. The SMILES string of the molecule is Cc1cc(C)nc(Nc2ccc(C(=O)Nc3nc(C)c(C(=O)OCC(C)C)s3)cc2)n1. The molecular weight excluding hydrogens is 414 g/mol. The van der Waals surface area contributed by atoms with Gasteiger partial charge in [0, 0.05) is 22.6 Å². The van der Waals surface area contributed by atoms with Gasteiger partial charge in [0.25, 0.3) is 5.91 Å². The maximum Gasteiger partial charge on any atom is 0.350 e. The minimum Gasteiger partial charge on any atom is -0.461 e. The second-order valence-electron chi connectivity index (χ2n) is 7.56. The summed E-state index contributed by atoms with van der Waals surface area (Å²) in [6, 6.07) is 8.83. The van der Waals surface area contributed by atoms with Crippen LogP contribution in [0.3, 0.4) is 0 Å². The molecule has 2 heterocycles. The number of aromatic nitrogens is 3. The van der Waals surface area contributed by atoms with Crippen LogP contribution < -0.4 is 10.6 Å². The number of ether oxygens (including phenoxy) is 1. The van der Waals surface area contributed by atoms with Crippen molar-refractivity contribution in [2.75, 3.05) is 17.2 Å². The number of nitrogens with one attached hydrogen (secondary N) is 2.